The summed E-state index contributed by atoms with van der Waals surface area (Å²) < 4.78 is 5.95. The average Bonchev–Trinajstić information content (AvgIpc) is 2.69. The lowest BCUT2D eigenvalue weighted by Crippen LogP contribution is -2.21. The largest absolute Gasteiger partial charge is 0.378 e. The van der Waals surface area contributed by atoms with Crippen molar-refractivity contribution in [2.45, 2.75) is 57.5 Å². The third-order valence-electron chi connectivity index (χ3n) is 4.94. The lowest BCUT2D eigenvalue weighted by atomic mass is 9.84. The van der Waals surface area contributed by atoms with Crippen LogP contribution in [0.5, 0.6) is 0 Å². The van der Waals surface area contributed by atoms with Gasteiger partial charge in [0.05, 0.1) is 17.7 Å². The smallest absolute Gasteiger partial charge is 0.159 e. The Hall–Kier alpha value is -2.25. The van der Waals surface area contributed by atoms with Crippen LogP contribution < -0.4 is 0 Å². The molecule has 0 aliphatic heterocycles. The van der Waals surface area contributed by atoms with Crippen LogP contribution in [0.2, 0.25) is 0 Å². The number of hydrogen-bond acceptors (Lipinski definition) is 4. The summed E-state index contributed by atoms with van der Waals surface area (Å²) in [5.74, 6) is 1.26. The minimum absolute atomic E-state index is 0.432. The Morgan fingerprint density at radius 2 is 1.76 bits per heavy atom. The molecule has 3 rings (SSSR count). The molecular weight excluding hydrogens is 310 g/mol. The molecule has 1 fully saturated rings. The quantitative estimate of drug-likeness (QED) is 0.707. The van der Waals surface area contributed by atoms with Gasteiger partial charge in [0, 0.05) is 24.6 Å². The fourth-order valence-corrected chi connectivity index (χ4v) is 3.35. The maximum absolute atomic E-state index is 8.87. The van der Waals surface area contributed by atoms with Gasteiger partial charge in [-0.2, -0.15) is 5.26 Å². The van der Waals surface area contributed by atoms with Crippen LogP contribution >= 0.6 is 0 Å². The first-order chi connectivity index (χ1) is 12.3. The van der Waals surface area contributed by atoms with Gasteiger partial charge >= 0.3 is 0 Å². The molecule has 0 radical (unpaired) electrons. The minimum Gasteiger partial charge on any atom is -0.378 e. The van der Waals surface area contributed by atoms with Gasteiger partial charge < -0.3 is 4.74 Å². The second kappa shape index (κ2) is 8.73. The van der Waals surface area contributed by atoms with E-state index in [0.717, 1.165) is 44.3 Å². The van der Waals surface area contributed by atoms with Crippen LogP contribution in [0.3, 0.4) is 0 Å². The summed E-state index contributed by atoms with van der Waals surface area (Å²) in [7, 11) is 0. The van der Waals surface area contributed by atoms with Gasteiger partial charge in [-0.3, -0.25) is 0 Å². The summed E-state index contributed by atoms with van der Waals surface area (Å²) in [6.45, 7) is 3.09. The van der Waals surface area contributed by atoms with E-state index >= 15 is 0 Å². The lowest BCUT2D eigenvalue weighted by Gasteiger charge is -2.28. The van der Waals surface area contributed by atoms with Crippen LogP contribution in [0.15, 0.2) is 36.7 Å². The topological polar surface area (TPSA) is 58.8 Å². The number of aromatic nitrogens is 2. The first-order valence-electron chi connectivity index (χ1n) is 9.24. The first-order valence-corrected chi connectivity index (χ1v) is 9.24. The van der Waals surface area contributed by atoms with E-state index in [-0.39, 0.29) is 0 Å². The van der Waals surface area contributed by atoms with E-state index in [1.54, 1.807) is 12.1 Å². The molecule has 0 atom stereocenters. The zero-order valence-electron chi connectivity index (χ0n) is 14.8. The molecule has 1 aromatic carbocycles. The number of nitrogens with zero attached hydrogens (tertiary/aromatic N) is 3. The van der Waals surface area contributed by atoms with Crippen LogP contribution in [0.25, 0.3) is 11.4 Å². The normalized spacial score (nSPS) is 20.2. The van der Waals surface area contributed by atoms with E-state index in [9.17, 15) is 0 Å². The summed E-state index contributed by atoms with van der Waals surface area (Å²) in [6.07, 6.45) is 11.3. The van der Waals surface area contributed by atoms with Crippen molar-refractivity contribution in [3.63, 3.8) is 0 Å². The lowest BCUT2D eigenvalue weighted by molar-refractivity contribution is 0.0232. The molecule has 1 aliphatic carbocycles. The van der Waals surface area contributed by atoms with Crippen molar-refractivity contribution >= 4 is 0 Å². The number of unbranched alkanes of at least 4 members (excludes halogenated alkanes) is 1. The van der Waals surface area contributed by atoms with Gasteiger partial charge in [0.25, 0.3) is 0 Å². The SMILES string of the molecule is CCCCO[C@H]1CC[C@H](c2cnc(-c3ccc(C#N)cc3)nc2)CC1. The number of ether oxygens (including phenoxy) is 1. The van der Waals surface area contributed by atoms with Gasteiger partial charge in [0.15, 0.2) is 5.82 Å². The van der Waals surface area contributed by atoms with Gasteiger partial charge in [0.1, 0.15) is 0 Å². The van der Waals surface area contributed by atoms with E-state index in [4.69, 9.17) is 10.00 Å². The predicted molar refractivity (Wildman–Crippen MR) is 98.0 cm³/mol. The molecule has 0 bridgehead atoms. The summed E-state index contributed by atoms with van der Waals surface area (Å²) in [5.41, 5.74) is 2.82. The molecule has 1 saturated carbocycles. The fourth-order valence-electron chi connectivity index (χ4n) is 3.35. The molecule has 1 heterocycles. The Balaban J connectivity index is 1.57. The molecular formula is C21H25N3O. The van der Waals surface area contributed by atoms with Crippen molar-refractivity contribution in [3.05, 3.63) is 47.8 Å². The molecule has 0 saturated heterocycles. The monoisotopic (exact) mass is 335 g/mol. The van der Waals surface area contributed by atoms with E-state index in [1.807, 2.05) is 24.5 Å². The summed E-state index contributed by atoms with van der Waals surface area (Å²) in [4.78, 5) is 9.07. The number of hydrogen-bond donors (Lipinski definition) is 0. The van der Waals surface area contributed by atoms with Crippen LogP contribution in [0.4, 0.5) is 0 Å². The molecule has 1 aromatic heterocycles. The number of rotatable bonds is 6. The Bertz CT molecular complexity index is 695. The van der Waals surface area contributed by atoms with Crippen molar-refractivity contribution in [1.29, 1.82) is 5.26 Å². The molecule has 4 nitrogen and oxygen atoms in total. The maximum Gasteiger partial charge on any atom is 0.159 e. The molecule has 4 heteroatoms. The molecule has 0 spiro atoms. The van der Waals surface area contributed by atoms with E-state index in [2.05, 4.69) is 23.0 Å². The van der Waals surface area contributed by atoms with Gasteiger partial charge in [-0.25, -0.2) is 9.97 Å². The van der Waals surface area contributed by atoms with E-state index in [0.29, 0.717) is 23.4 Å². The summed E-state index contributed by atoms with van der Waals surface area (Å²) in [6, 6.07) is 9.51. The Kier molecular flexibility index (Phi) is 6.14. The molecule has 25 heavy (non-hydrogen) atoms. The predicted octanol–water partition coefficient (Wildman–Crippen LogP) is 4.86. The highest BCUT2D eigenvalue weighted by atomic mass is 16.5. The zero-order chi connectivity index (χ0) is 17.5. The van der Waals surface area contributed by atoms with Crippen molar-refractivity contribution in [2.75, 3.05) is 6.61 Å². The average molecular weight is 335 g/mol. The maximum atomic E-state index is 8.87. The van der Waals surface area contributed by atoms with Crippen LogP contribution in [-0.2, 0) is 4.74 Å². The van der Waals surface area contributed by atoms with Crippen LogP contribution in [0.1, 0.15) is 62.5 Å². The number of nitriles is 1. The minimum atomic E-state index is 0.432. The van der Waals surface area contributed by atoms with Gasteiger partial charge in [-0.05, 0) is 67.9 Å². The Labute approximate surface area is 149 Å². The van der Waals surface area contributed by atoms with E-state index < -0.39 is 0 Å². The molecule has 0 N–H and O–H groups in total. The fraction of sp³-hybridized carbons (Fsp3) is 0.476. The standard InChI is InChI=1S/C21H25N3O/c1-2-3-12-25-20-10-8-17(9-11-20)19-14-23-21(24-15-19)18-6-4-16(13-22)5-7-18/h4-7,14-15,17,20H,2-3,8-12H2,1H3/t17-,20-. The number of benzene rings is 1. The molecule has 0 unspecified atom stereocenters. The molecule has 130 valence electrons. The molecule has 1 aliphatic rings. The van der Waals surface area contributed by atoms with Gasteiger partial charge in [-0.15, -0.1) is 0 Å². The van der Waals surface area contributed by atoms with Gasteiger partial charge in [-0.1, -0.05) is 13.3 Å². The van der Waals surface area contributed by atoms with Crippen molar-refractivity contribution in [3.8, 4) is 17.5 Å². The van der Waals surface area contributed by atoms with Crippen molar-refractivity contribution in [1.82, 2.24) is 9.97 Å². The Morgan fingerprint density at radius 3 is 2.36 bits per heavy atom. The summed E-state index contributed by atoms with van der Waals surface area (Å²) in [5, 5.41) is 8.87. The van der Waals surface area contributed by atoms with Crippen molar-refractivity contribution in [2.24, 2.45) is 0 Å². The second-order valence-corrected chi connectivity index (χ2v) is 6.73. The highest BCUT2D eigenvalue weighted by Gasteiger charge is 2.23. The van der Waals surface area contributed by atoms with Crippen molar-refractivity contribution < 1.29 is 4.74 Å². The highest BCUT2D eigenvalue weighted by molar-refractivity contribution is 5.56. The van der Waals surface area contributed by atoms with Crippen LogP contribution in [-0.4, -0.2) is 22.7 Å². The zero-order valence-corrected chi connectivity index (χ0v) is 14.8. The third-order valence-corrected chi connectivity index (χ3v) is 4.94. The van der Waals surface area contributed by atoms with Gasteiger partial charge in [0.2, 0.25) is 0 Å². The summed E-state index contributed by atoms with van der Waals surface area (Å²) >= 11 is 0. The molecule has 0 amide bonds. The van der Waals surface area contributed by atoms with Crippen LogP contribution in [0, 0.1) is 11.3 Å². The highest BCUT2D eigenvalue weighted by Crippen LogP contribution is 2.33. The Morgan fingerprint density at radius 1 is 1.08 bits per heavy atom. The second-order valence-electron chi connectivity index (χ2n) is 6.73. The molecule has 2 aromatic rings. The van der Waals surface area contributed by atoms with E-state index in [1.165, 1.54) is 12.0 Å². The first kappa shape index (κ1) is 17.6. The third kappa shape index (κ3) is 4.64.